The number of nitrogens with zero attached hydrogens (tertiary/aromatic N) is 2. The SMILES string of the molecule is CCc1cc(CNC(=NC)NCC2CCCS2)on1.I. The fourth-order valence-corrected chi connectivity index (χ4v) is 3.21. The van der Waals surface area contributed by atoms with Gasteiger partial charge in [0.05, 0.1) is 12.2 Å². The van der Waals surface area contributed by atoms with Crippen molar-refractivity contribution in [3.05, 3.63) is 17.5 Å². The maximum absolute atomic E-state index is 5.23. The van der Waals surface area contributed by atoms with Gasteiger partial charge in [-0.05, 0) is 25.0 Å². The Morgan fingerprint density at radius 2 is 2.40 bits per heavy atom. The van der Waals surface area contributed by atoms with Gasteiger partial charge in [0, 0.05) is 24.9 Å². The summed E-state index contributed by atoms with van der Waals surface area (Å²) in [7, 11) is 1.79. The van der Waals surface area contributed by atoms with Crippen LogP contribution in [0.4, 0.5) is 0 Å². The smallest absolute Gasteiger partial charge is 0.191 e. The van der Waals surface area contributed by atoms with Gasteiger partial charge in [0.1, 0.15) is 0 Å². The summed E-state index contributed by atoms with van der Waals surface area (Å²) in [5.74, 6) is 2.95. The van der Waals surface area contributed by atoms with Crippen molar-refractivity contribution >= 4 is 41.7 Å². The van der Waals surface area contributed by atoms with E-state index in [0.717, 1.165) is 35.6 Å². The molecular formula is C13H23IN4OS. The van der Waals surface area contributed by atoms with E-state index < -0.39 is 0 Å². The van der Waals surface area contributed by atoms with Crippen molar-refractivity contribution in [3.63, 3.8) is 0 Å². The third-order valence-corrected chi connectivity index (χ3v) is 4.54. The average molecular weight is 410 g/mol. The number of halogens is 1. The van der Waals surface area contributed by atoms with Gasteiger partial charge in [-0.1, -0.05) is 12.1 Å². The van der Waals surface area contributed by atoms with Crippen LogP contribution in [0.25, 0.3) is 0 Å². The highest BCUT2D eigenvalue weighted by molar-refractivity contribution is 14.0. The van der Waals surface area contributed by atoms with E-state index in [1.54, 1.807) is 7.05 Å². The van der Waals surface area contributed by atoms with Crippen LogP contribution in [0.2, 0.25) is 0 Å². The second-order valence-electron chi connectivity index (χ2n) is 4.58. The number of aryl methyl sites for hydroxylation is 1. The summed E-state index contributed by atoms with van der Waals surface area (Å²) in [6, 6.07) is 1.98. The number of guanidine groups is 1. The Morgan fingerprint density at radius 3 is 3.00 bits per heavy atom. The van der Waals surface area contributed by atoms with E-state index in [1.807, 2.05) is 17.8 Å². The summed E-state index contributed by atoms with van der Waals surface area (Å²) >= 11 is 2.04. The maximum atomic E-state index is 5.23. The predicted octanol–water partition coefficient (Wildman–Crippen LogP) is 2.42. The first-order valence-corrected chi connectivity index (χ1v) is 7.87. The van der Waals surface area contributed by atoms with Gasteiger partial charge in [-0.25, -0.2) is 0 Å². The normalized spacial score (nSPS) is 18.7. The van der Waals surface area contributed by atoms with Crippen LogP contribution in [-0.4, -0.2) is 35.7 Å². The molecule has 1 aromatic rings. The van der Waals surface area contributed by atoms with Crippen LogP contribution < -0.4 is 10.6 Å². The zero-order valence-electron chi connectivity index (χ0n) is 12.0. The maximum Gasteiger partial charge on any atom is 0.191 e. The Morgan fingerprint density at radius 1 is 1.55 bits per heavy atom. The summed E-state index contributed by atoms with van der Waals surface area (Å²) in [4.78, 5) is 4.21. The lowest BCUT2D eigenvalue weighted by Gasteiger charge is -2.13. The van der Waals surface area contributed by atoms with Crippen LogP contribution in [0, 0.1) is 0 Å². The molecule has 1 fully saturated rings. The summed E-state index contributed by atoms with van der Waals surface area (Å²) < 4.78 is 5.23. The zero-order chi connectivity index (χ0) is 13.5. The van der Waals surface area contributed by atoms with Crippen LogP contribution in [0.1, 0.15) is 31.2 Å². The molecule has 0 bridgehead atoms. The lowest BCUT2D eigenvalue weighted by molar-refractivity contribution is 0.374. The van der Waals surface area contributed by atoms with Gasteiger partial charge in [0.15, 0.2) is 11.7 Å². The average Bonchev–Trinajstić information content (AvgIpc) is 3.10. The molecule has 1 aliphatic heterocycles. The Hall–Kier alpha value is -0.440. The van der Waals surface area contributed by atoms with Crippen LogP contribution in [-0.2, 0) is 13.0 Å². The monoisotopic (exact) mass is 410 g/mol. The third kappa shape index (κ3) is 5.51. The van der Waals surface area contributed by atoms with Gasteiger partial charge >= 0.3 is 0 Å². The molecule has 0 aliphatic carbocycles. The second-order valence-corrected chi connectivity index (χ2v) is 5.99. The third-order valence-electron chi connectivity index (χ3n) is 3.14. The Labute approximate surface area is 141 Å². The molecule has 2 rings (SSSR count). The lowest BCUT2D eigenvalue weighted by atomic mass is 10.2. The highest BCUT2D eigenvalue weighted by Crippen LogP contribution is 2.25. The molecule has 1 aromatic heterocycles. The first-order valence-electron chi connectivity index (χ1n) is 6.82. The van der Waals surface area contributed by atoms with E-state index in [1.165, 1.54) is 18.6 Å². The van der Waals surface area contributed by atoms with Gasteiger partial charge < -0.3 is 15.2 Å². The van der Waals surface area contributed by atoms with E-state index in [2.05, 4.69) is 27.7 Å². The van der Waals surface area contributed by atoms with E-state index in [0.29, 0.717) is 6.54 Å². The molecule has 114 valence electrons. The molecule has 2 heterocycles. The van der Waals surface area contributed by atoms with Gasteiger partial charge in [-0.3, -0.25) is 4.99 Å². The van der Waals surface area contributed by atoms with Gasteiger partial charge in [0.2, 0.25) is 0 Å². The number of hydrogen-bond donors (Lipinski definition) is 2. The molecule has 0 amide bonds. The minimum absolute atomic E-state index is 0. The molecule has 7 heteroatoms. The lowest BCUT2D eigenvalue weighted by Crippen LogP contribution is -2.39. The summed E-state index contributed by atoms with van der Waals surface area (Å²) in [6.07, 6.45) is 3.53. The Kier molecular flexibility index (Phi) is 8.35. The molecule has 5 nitrogen and oxygen atoms in total. The topological polar surface area (TPSA) is 62.5 Å². The van der Waals surface area contributed by atoms with Gasteiger partial charge in [-0.15, -0.1) is 24.0 Å². The van der Waals surface area contributed by atoms with Crippen molar-refractivity contribution in [2.24, 2.45) is 4.99 Å². The van der Waals surface area contributed by atoms with E-state index in [4.69, 9.17) is 4.52 Å². The molecule has 1 atom stereocenters. The molecular weight excluding hydrogens is 387 g/mol. The first kappa shape index (κ1) is 17.6. The van der Waals surface area contributed by atoms with Crippen molar-refractivity contribution in [2.75, 3.05) is 19.3 Å². The fourth-order valence-electron chi connectivity index (χ4n) is 2.01. The quantitative estimate of drug-likeness (QED) is 0.444. The molecule has 1 saturated heterocycles. The number of aromatic nitrogens is 1. The van der Waals surface area contributed by atoms with Crippen molar-refractivity contribution in [3.8, 4) is 0 Å². The number of thioether (sulfide) groups is 1. The molecule has 0 spiro atoms. The largest absolute Gasteiger partial charge is 0.359 e. The van der Waals surface area contributed by atoms with Crippen LogP contribution in [0.15, 0.2) is 15.6 Å². The predicted molar refractivity (Wildman–Crippen MR) is 95.0 cm³/mol. The second kappa shape index (κ2) is 9.49. The molecule has 0 aromatic carbocycles. The highest BCUT2D eigenvalue weighted by Gasteiger charge is 2.15. The summed E-state index contributed by atoms with van der Waals surface area (Å²) in [6.45, 7) is 3.65. The minimum atomic E-state index is 0. The first-order chi connectivity index (χ1) is 9.31. The molecule has 0 saturated carbocycles. The van der Waals surface area contributed by atoms with Crippen molar-refractivity contribution in [1.29, 1.82) is 0 Å². The molecule has 2 N–H and O–H groups in total. The van der Waals surface area contributed by atoms with Gasteiger partial charge in [-0.2, -0.15) is 11.8 Å². The van der Waals surface area contributed by atoms with Crippen molar-refractivity contribution < 1.29 is 4.52 Å². The zero-order valence-corrected chi connectivity index (χ0v) is 15.2. The van der Waals surface area contributed by atoms with Crippen LogP contribution in [0.5, 0.6) is 0 Å². The van der Waals surface area contributed by atoms with Gasteiger partial charge in [0.25, 0.3) is 0 Å². The van der Waals surface area contributed by atoms with E-state index in [-0.39, 0.29) is 24.0 Å². The number of hydrogen-bond acceptors (Lipinski definition) is 4. The number of nitrogens with one attached hydrogen (secondary N) is 2. The molecule has 1 unspecified atom stereocenters. The summed E-state index contributed by atoms with van der Waals surface area (Å²) in [5, 5.41) is 11.3. The Balaban J connectivity index is 0.00000200. The Bertz CT molecular complexity index is 418. The standard InChI is InChI=1S/C13H22N4OS.HI/c1-3-10-7-11(18-17-10)8-15-13(14-2)16-9-12-5-4-6-19-12;/h7,12H,3-6,8-9H2,1-2H3,(H2,14,15,16);1H. The highest BCUT2D eigenvalue weighted by atomic mass is 127. The molecule has 1 aliphatic rings. The number of aliphatic imine (C=N–C) groups is 1. The molecule has 0 radical (unpaired) electrons. The minimum Gasteiger partial charge on any atom is -0.359 e. The van der Waals surface area contributed by atoms with Crippen LogP contribution >= 0.6 is 35.7 Å². The molecule has 20 heavy (non-hydrogen) atoms. The van der Waals surface area contributed by atoms with E-state index in [9.17, 15) is 0 Å². The summed E-state index contributed by atoms with van der Waals surface area (Å²) in [5.41, 5.74) is 0.988. The van der Waals surface area contributed by atoms with Crippen LogP contribution in [0.3, 0.4) is 0 Å². The fraction of sp³-hybridized carbons (Fsp3) is 0.692. The number of rotatable bonds is 5. The van der Waals surface area contributed by atoms with E-state index >= 15 is 0 Å². The van der Waals surface area contributed by atoms with Crippen molar-refractivity contribution in [1.82, 2.24) is 15.8 Å². The van der Waals surface area contributed by atoms with Crippen molar-refractivity contribution in [2.45, 2.75) is 38.0 Å².